The molecular weight excluding hydrogens is 280 g/mol. The molecule has 20 heavy (non-hydrogen) atoms. The van der Waals surface area contributed by atoms with Crippen molar-refractivity contribution in [3.63, 3.8) is 0 Å². The number of hydrogen-bond acceptors (Lipinski definition) is 5. The van der Waals surface area contributed by atoms with E-state index >= 15 is 0 Å². The zero-order valence-corrected chi connectivity index (χ0v) is 11.1. The van der Waals surface area contributed by atoms with E-state index in [1.807, 2.05) is 0 Å². The highest BCUT2D eigenvalue weighted by Crippen LogP contribution is 2.36. The molecule has 0 atom stereocenters. The average molecular weight is 291 g/mol. The summed E-state index contributed by atoms with van der Waals surface area (Å²) in [6.07, 6.45) is 4.92. The van der Waals surface area contributed by atoms with Crippen LogP contribution in [0, 0.1) is 0 Å². The molecule has 2 heterocycles. The van der Waals surface area contributed by atoms with Gasteiger partial charge in [-0.05, 0) is 6.07 Å². The summed E-state index contributed by atoms with van der Waals surface area (Å²) in [5.74, 6) is 0.407. The standard InChI is InChI=1S/C13H11ClN4O2/c14-9-3-11-12(20-7-13(19)18-11)4-10(9)17-6-8-5-15-1-2-16-8/h1-5,17H,6-7H2,(H,18,19). The van der Waals surface area contributed by atoms with Gasteiger partial charge in [-0.3, -0.25) is 14.8 Å². The number of anilines is 2. The summed E-state index contributed by atoms with van der Waals surface area (Å²) in [5, 5.41) is 6.37. The largest absolute Gasteiger partial charge is 0.482 e. The van der Waals surface area contributed by atoms with Crippen LogP contribution in [0.4, 0.5) is 11.4 Å². The van der Waals surface area contributed by atoms with Crippen LogP contribution in [0.15, 0.2) is 30.7 Å². The molecular formula is C13H11ClN4O2. The molecule has 0 saturated heterocycles. The predicted octanol–water partition coefficient (Wildman–Crippen LogP) is 2.07. The van der Waals surface area contributed by atoms with Gasteiger partial charge in [-0.2, -0.15) is 0 Å². The van der Waals surface area contributed by atoms with E-state index in [0.717, 1.165) is 5.69 Å². The molecule has 6 nitrogen and oxygen atoms in total. The van der Waals surface area contributed by atoms with Crippen molar-refractivity contribution in [2.45, 2.75) is 6.54 Å². The van der Waals surface area contributed by atoms with Gasteiger partial charge in [0.25, 0.3) is 5.91 Å². The van der Waals surface area contributed by atoms with Crippen LogP contribution in [0.3, 0.4) is 0 Å². The molecule has 0 spiro atoms. The molecule has 1 aromatic carbocycles. The number of nitrogens with zero attached hydrogens (tertiary/aromatic N) is 2. The molecule has 1 aliphatic heterocycles. The van der Waals surface area contributed by atoms with Crippen LogP contribution in [-0.4, -0.2) is 22.5 Å². The van der Waals surface area contributed by atoms with Crippen molar-refractivity contribution in [1.29, 1.82) is 0 Å². The number of nitrogens with one attached hydrogen (secondary N) is 2. The number of rotatable bonds is 3. The van der Waals surface area contributed by atoms with Crippen molar-refractivity contribution < 1.29 is 9.53 Å². The molecule has 7 heteroatoms. The molecule has 0 bridgehead atoms. The number of amides is 1. The topological polar surface area (TPSA) is 76.1 Å². The lowest BCUT2D eigenvalue weighted by Crippen LogP contribution is -2.25. The van der Waals surface area contributed by atoms with Crippen LogP contribution < -0.4 is 15.4 Å². The minimum Gasteiger partial charge on any atom is -0.482 e. The van der Waals surface area contributed by atoms with E-state index in [1.165, 1.54) is 0 Å². The second-order valence-electron chi connectivity index (χ2n) is 4.22. The Hall–Kier alpha value is -2.34. The molecule has 0 radical (unpaired) electrons. The number of halogens is 1. The summed E-state index contributed by atoms with van der Waals surface area (Å²) in [5.41, 5.74) is 2.10. The first-order valence-corrected chi connectivity index (χ1v) is 6.35. The first-order chi connectivity index (χ1) is 9.72. The molecule has 0 unspecified atom stereocenters. The summed E-state index contributed by atoms with van der Waals surface area (Å²) in [6.45, 7) is 0.511. The number of carbonyl (C=O) groups is 1. The number of aromatic nitrogens is 2. The molecule has 0 saturated carbocycles. The van der Waals surface area contributed by atoms with E-state index in [9.17, 15) is 4.79 Å². The second-order valence-corrected chi connectivity index (χ2v) is 4.62. The van der Waals surface area contributed by atoms with E-state index in [4.69, 9.17) is 16.3 Å². The van der Waals surface area contributed by atoms with Crippen molar-refractivity contribution in [2.24, 2.45) is 0 Å². The van der Waals surface area contributed by atoms with Gasteiger partial charge in [0.05, 0.1) is 34.8 Å². The first-order valence-electron chi connectivity index (χ1n) is 5.97. The van der Waals surface area contributed by atoms with Gasteiger partial charge >= 0.3 is 0 Å². The summed E-state index contributed by atoms with van der Waals surface area (Å²) in [6, 6.07) is 3.42. The zero-order valence-electron chi connectivity index (χ0n) is 10.4. The van der Waals surface area contributed by atoms with Gasteiger partial charge in [0.1, 0.15) is 5.75 Å². The van der Waals surface area contributed by atoms with E-state index in [2.05, 4.69) is 20.6 Å². The van der Waals surface area contributed by atoms with Gasteiger partial charge in [-0.25, -0.2) is 0 Å². The predicted molar refractivity (Wildman–Crippen MR) is 74.9 cm³/mol. The van der Waals surface area contributed by atoms with Crippen LogP contribution in [0.25, 0.3) is 0 Å². The van der Waals surface area contributed by atoms with Gasteiger partial charge in [0.15, 0.2) is 6.61 Å². The maximum atomic E-state index is 11.2. The van der Waals surface area contributed by atoms with Crippen LogP contribution in [0.5, 0.6) is 5.75 Å². The number of hydrogen-bond donors (Lipinski definition) is 2. The highest BCUT2D eigenvalue weighted by molar-refractivity contribution is 6.33. The van der Waals surface area contributed by atoms with Gasteiger partial charge in [-0.15, -0.1) is 0 Å². The maximum Gasteiger partial charge on any atom is 0.262 e. The van der Waals surface area contributed by atoms with Crippen LogP contribution in [0.1, 0.15) is 5.69 Å². The van der Waals surface area contributed by atoms with E-state index in [0.29, 0.717) is 28.7 Å². The Morgan fingerprint density at radius 1 is 1.40 bits per heavy atom. The number of benzene rings is 1. The van der Waals surface area contributed by atoms with Crippen molar-refractivity contribution in [2.75, 3.05) is 17.2 Å². The Labute approximate surface area is 120 Å². The number of ether oxygens (including phenoxy) is 1. The van der Waals surface area contributed by atoms with Crippen LogP contribution >= 0.6 is 11.6 Å². The summed E-state index contributed by atoms with van der Waals surface area (Å²) in [7, 11) is 0. The average Bonchev–Trinajstić information content (AvgIpc) is 2.46. The third kappa shape index (κ3) is 2.65. The number of fused-ring (bicyclic) bond motifs is 1. The minimum atomic E-state index is -0.186. The third-order valence-corrected chi connectivity index (χ3v) is 3.09. The Bertz CT molecular complexity index is 648. The first kappa shape index (κ1) is 12.7. The highest BCUT2D eigenvalue weighted by atomic mass is 35.5. The fourth-order valence-corrected chi connectivity index (χ4v) is 2.07. The summed E-state index contributed by atoms with van der Waals surface area (Å²) >= 11 is 6.17. The monoisotopic (exact) mass is 290 g/mol. The lowest BCUT2D eigenvalue weighted by atomic mass is 10.2. The highest BCUT2D eigenvalue weighted by Gasteiger charge is 2.18. The molecule has 3 rings (SSSR count). The molecule has 2 N–H and O–H groups in total. The molecule has 1 aromatic heterocycles. The molecule has 0 fully saturated rings. The van der Waals surface area contributed by atoms with Gasteiger partial charge in [0, 0.05) is 18.5 Å². The van der Waals surface area contributed by atoms with Gasteiger partial charge in [-0.1, -0.05) is 11.6 Å². The number of carbonyl (C=O) groups excluding carboxylic acids is 1. The van der Waals surface area contributed by atoms with Crippen LogP contribution in [0.2, 0.25) is 5.02 Å². The van der Waals surface area contributed by atoms with Crippen molar-refractivity contribution in [1.82, 2.24) is 9.97 Å². The van der Waals surface area contributed by atoms with E-state index in [-0.39, 0.29) is 12.5 Å². The maximum absolute atomic E-state index is 11.2. The van der Waals surface area contributed by atoms with Crippen molar-refractivity contribution in [3.8, 4) is 5.75 Å². The molecule has 0 aliphatic carbocycles. The van der Waals surface area contributed by atoms with Gasteiger partial charge in [0.2, 0.25) is 0 Å². The van der Waals surface area contributed by atoms with E-state index < -0.39 is 0 Å². The molecule has 1 aliphatic rings. The summed E-state index contributed by atoms with van der Waals surface area (Å²) < 4.78 is 5.34. The lowest BCUT2D eigenvalue weighted by molar-refractivity contribution is -0.118. The van der Waals surface area contributed by atoms with Crippen LogP contribution in [-0.2, 0) is 11.3 Å². The molecule has 2 aromatic rings. The quantitative estimate of drug-likeness (QED) is 0.905. The second kappa shape index (κ2) is 5.34. The minimum absolute atomic E-state index is 0.0121. The Kier molecular flexibility index (Phi) is 3.39. The smallest absolute Gasteiger partial charge is 0.262 e. The van der Waals surface area contributed by atoms with Crippen molar-refractivity contribution in [3.05, 3.63) is 41.4 Å². The summed E-state index contributed by atoms with van der Waals surface area (Å²) in [4.78, 5) is 19.4. The third-order valence-electron chi connectivity index (χ3n) is 2.78. The fraction of sp³-hybridized carbons (Fsp3) is 0.154. The lowest BCUT2D eigenvalue weighted by Gasteiger charge is -2.19. The van der Waals surface area contributed by atoms with E-state index in [1.54, 1.807) is 30.7 Å². The van der Waals surface area contributed by atoms with Crippen molar-refractivity contribution >= 4 is 28.9 Å². The Balaban J connectivity index is 1.79. The normalized spacial score (nSPS) is 13.2. The molecule has 1 amide bonds. The Morgan fingerprint density at radius 3 is 3.10 bits per heavy atom. The van der Waals surface area contributed by atoms with Gasteiger partial charge < -0.3 is 15.4 Å². The fourth-order valence-electron chi connectivity index (χ4n) is 1.84. The SMILES string of the molecule is O=C1COc2cc(NCc3cnccn3)c(Cl)cc2N1. The Morgan fingerprint density at radius 2 is 2.30 bits per heavy atom. The molecule has 102 valence electrons. The zero-order chi connectivity index (χ0) is 13.9.